The minimum Gasteiger partial charge on any atom is -0.495 e. The van der Waals surface area contributed by atoms with Crippen molar-refractivity contribution in [2.45, 2.75) is 26.3 Å². The molecule has 0 spiro atoms. The SMILES string of the molecule is CCC(C)C(N)C(=O)Nc1ccc(C#N)cc1OC. The molecule has 0 aliphatic heterocycles. The summed E-state index contributed by atoms with van der Waals surface area (Å²) < 4.78 is 5.15. The molecule has 3 N–H and O–H groups in total. The van der Waals surface area contributed by atoms with Gasteiger partial charge < -0.3 is 15.8 Å². The van der Waals surface area contributed by atoms with E-state index in [1.165, 1.54) is 7.11 Å². The molecule has 1 aromatic rings. The van der Waals surface area contributed by atoms with E-state index in [0.29, 0.717) is 17.0 Å². The maximum atomic E-state index is 12.0. The summed E-state index contributed by atoms with van der Waals surface area (Å²) >= 11 is 0. The number of nitrogens with zero attached hydrogens (tertiary/aromatic N) is 1. The van der Waals surface area contributed by atoms with E-state index < -0.39 is 6.04 Å². The second-order valence-electron chi connectivity index (χ2n) is 4.43. The summed E-state index contributed by atoms with van der Waals surface area (Å²) in [7, 11) is 1.49. The highest BCUT2D eigenvalue weighted by molar-refractivity contribution is 5.96. The van der Waals surface area contributed by atoms with Gasteiger partial charge in [0.1, 0.15) is 5.75 Å². The van der Waals surface area contributed by atoms with E-state index in [1.807, 2.05) is 19.9 Å². The third kappa shape index (κ3) is 3.70. The quantitative estimate of drug-likeness (QED) is 0.847. The summed E-state index contributed by atoms with van der Waals surface area (Å²) in [6, 6.07) is 6.28. The number of carbonyl (C=O) groups is 1. The predicted octanol–water partition coefficient (Wildman–Crippen LogP) is 1.88. The van der Waals surface area contributed by atoms with Crippen molar-refractivity contribution >= 4 is 11.6 Å². The Morgan fingerprint density at radius 2 is 2.26 bits per heavy atom. The number of rotatable bonds is 5. The average Bonchev–Trinajstić information content (AvgIpc) is 2.45. The highest BCUT2D eigenvalue weighted by atomic mass is 16.5. The lowest BCUT2D eigenvalue weighted by atomic mass is 9.99. The van der Waals surface area contributed by atoms with Crippen LogP contribution < -0.4 is 15.8 Å². The Labute approximate surface area is 113 Å². The van der Waals surface area contributed by atoms with Crippen molar-refractivity contribution in [3.63, 3.8) is 0 Å². The van der Waals surface area contributed by atoms with Crippen molar-refractivity contribution < 1.29 is 9.53 Å². The number of nitrogens with one attached hydrogen (secondary N) is 1. The van der Waals surface area contributed by atoms with Crippen molar-refractivity contribution in [3.8, 4) is 11.8 Å². The smallest absolute Gasteiger partial charge is 0.241 e. The molecule has 0 aliphatic carbocycles. The molecule has 102 valence electrons. The molecule has 0 aliphatic rings. The molecule has 1 rings (SSSR count). The Morgan fingerprint density at radius 3 is 2.79 bits per heavy atom. The van der Waals surface area contributed by atoms with Crippen LogP contribution in [0.15, 0.2) is 18.2 Å². The van der Waals surface area contributed by atoms with Crippen LogP contribution in [0.5, 0.6) is 5.75 Å². The summed E-state index contributed by atoms with van der Waals surface area (Å²) in [5.74, 6) is 0.297. The van der Waals surface area contributed by atoms with E-state index in [0.717, 1.165) is 6.42 Å². The lowest BCUT2D eigenvalue weighted by Gasteiger charge is -2.18. The van der Waals surface area contributed by atoms with Gasteiger partial charge in [-0.3, -0.25) is 4.79 Å². The molecular formula is C14H19N3O2. The number of hydrogen-bond donors (Lipinski definition) is 2. The molecule has 1 aromatic carbocycles. The fraction of sp³-hybridized carbons (Fsp3) is 0.429. The predicted molar refractivity (Wildman–Crippen MR) is 73.8 cm³/mol. The van der Waals surface area contributed by atoms with Crippen LogP contribution in [0.3, 0.4) is 0 Å². The standard InChI is InChI=1S/C14H19N3O2/c1-4-9(2)13(16)14(18)17-11-6-5-10(8-15)7-12(11)19-3/h5-7,9,13H,4,16H2,1-3H3,(H,17,18). The van der Waals surface area contributed by atoms with E-state index in [9.17, 15) is 4.79 Å². The van der Waals surface area contributed by atoms with E-state index in [1.54, 1.807) is 18.2 Å². The van der Waals surface area contributed by atoms with Crippen LogP contribution in [-0.4, -0.2) is 19.1 Å². The molecule has 19 heavy (non-hydrogen) atoms. The number of hydrogen-bond acceptors (Lipinski definition) is 4. The first kappa shape index (κ1) is 15.0. The van der Waals surface area contributed by atoms with Crippen molar-refractivity contribution in [2.24, 2.45) is 11.7 Å². The van der Waals surface area contributed by atoms with Crippen LogP contribution in [0.2, 0.25) is 0 Å². The normalized spacial score (nSPS) is 13.2. The lowest BCUT2D eigenvalue weighted by molar-refractivity contribution is -0.118. The van der Waals surface area contributed by atoms with Crippen LogP contribution in [-0.2, 0) is 4.79 Å². The van der Waals surface area contributed by atoms with Gasteiger partial charge in [0, 0.05) is 6.07 Å². The molecule has 1 amide bonds. The number of nitriles is 1. The second-order valence-corrected chi connectivity index (χ2v) is 4.43. The Bertz CT molecular complexity index is 494. The van der Waals surface area contributed by atoms with Crippen LogP contribution in [0.4, 0.5) is 5.69 Å². The van der Waals surface area contributed by atoms with Crippen LogP contribution in [0, 0.1) is 17.2 Å². The number of nitrogens with two attached hydrogens (primary N) is 1. The molecule has 0 saturated carbocycles. The van der Waals surface area contributed by atoms with Gasteiger partial charge >= 0.3 is 0 Å². The number of anilines is 1. The van der Waals surface area contributed by atoms with Crippen molar-refractivity contribution in [2.75, 3.05) is 12.4 Å². The zero-order valence-electron chi connectivity index (χ0n) is 11.4. The fourth-order valence-electron chi connectivity index (χ4n) is 1.59. The zero-order chi connectivity index (χ0) is 14.4. The first-order valence-corrected chi connectivity index (χ1v) is 6.18. The first-order chi connectivity index (χ1) is 9.03. The molecule has 0 bridgehead atoms. The number of benzene rings is 1. The average molecular weight is 261 g/mol. The Balaban J connectivity index is 2.88. The monoisotopic (exact) mass is 261 g/mol. The minimum atomic E-state index is -0.564. The van der Waals surface area contributed by atoms with E-state index in [4.69, 9.17) is 15.7 Å². The molecule has 5 nitrogen and oxygen atoms in total. The number of amides is 1. The molecular weight excluding hydrogens is 242 g/mol. The molecule has 0 saturated heterocycles. The van der Waals surface area contributed by atoms with Gasteiger partial charge in [-0.05, 0) is 18.1 Å². The van der Waals surface area contributed by atoms with E-state index in [2.05, 4.69) is 5.32 Å². The van der Waals surface area contributed by atoms with E-state index in [-0.39, 0.29) is 11.8 Å². The van der Waals surface area contributed by atoms with Gasteiger partial charge in [0.25, 0.3) is 0 Å². The molecule has 0 heterocycles. The summed E-state index contributed by atoms with van der Waals surface area (Å²) in [6.07, 6.45) is 0.832. The van der Waals surface area contributed by atoms with Crippen molar-refractivity contribution in [1.82, 2.24) is 0 Å². The largest absolute Gasteiger partial charge is 0.495 e. The highest BCUT2D eigenvalue weighted by Crippen LogP contribution is 2.25. The second kappa shape index (κ2) is 6.76. The number of ether oxygens (including phenoxy) is 1. The first-order valence-electron chi connectivity index (χ1n) is 6.18. The molecule has 2 atom stereocenters. The summed E-state index contributed by atoms with van der Waals surface area (Å²) in [6.45, 7) is 3.92. The molecule has 0 radical (unpaired) electrons. The van der Waals surface area contributed by atoms with Gasteiger partial charge in [0.2, 0.25) is 5.91 Å². The van der Waals surface area contributed by atoms with Gasteiger partial charge in [-0.2, -0.15) is 5.26 Å². The van der Waals surface area contributed by atoms with Crippen LogP contribution in [0.1, 0.15) is 25.8 Å². The van der Waals surface area contributed by atoms with Gasteiger partial charge in [-0.25, -0.2) is 0 Å². The maximum absolute atomic E-state index is 12.0. The van der Waals surface area contributed by atoms with Crippen LogP contribution >= 0.6 is 0 Å². The Kier molecular flexibility index (Phi) is 5.34. The summed E-state index contributed by atoms with van der Waals surface area (Å²) in [5, 5.41) is 11.5. The van der Waals surface area contributed by atoms with Gasteiger partial charge in [0.05, 0.1) is 30.5 Å². The summed E-state index contributed by atoms with van der Waals surface area (Å²) in [5.41, 5.74) is 6.85. The van der Waals surface area contributed by atoms with Gasteiger partial charge in [0.15, 0.2) is 0 Å². The molecule has 2 unspecified atom stereocenters. The van der Waals surface area contributed by atoms with Gasteiger partial charge in [-0.1, -0.05) is 20.3 Å². The van der Waals surface area contributed by atoms with E-state index >= 15 is 0 Å². The third-order valence-corrected chi connectivity index (χ3v) is 3.15. The highest BCUT2D eigenvalue weighted by Gasteiger charge is 2.20. The van der Waals surface area contributed by atoms with Crippen molar-refractivity contribution in [1.29, 1.82) is 5.26 Å². The minimum absolute atomic E-state index is 0.101. The molecule has 0 aromatic heterocycles. The third-order valence-electron chi connectivity index (χ3n) is 3.15. The zero-order valence-corrected chi connectivity index (χ0v) is 11.4. The molecule has 0 fully saturated rings. The van der Waals surface area contributed by atoms with Crippen molar-refractivity contribution in [3.05, 3.63) is 23.8 Å². The summed E-state index contributed by atoms with van der Waals surface area (Å²) in [4.78, 5) is 12.0. The Hall–Kier alpha value is -2.06. The number of methoxy groups -OCH3 is 1. The lowest BCUT2D eigenvalue weighted by Crippen LogP contribution is -2.40. The molecule has 5 heteroatoms. The maximum Gasteiger partial charge on any atom is 0.241 e. The van der Waals surface area contributed by atoms with Crippen LogP contribution in [0.25, 0.3) is 0 Å². The number of carbonyl (C=O) groups excluding carboxylic acids is 1. The Morgan fingerprint density at radius 1 is 1.58 bits per heavy atom. The van der Waals surface area contributed by atoms with Gasteiger partial charge in [-0.15, -0.1) is 0 Å². The fourth-order valence-corrected chi connectivity index (χ4v) is 1.59. The topological polar surface area (TPSA) is 88.1 Å².